The van der Waals surface area contributed by atoms with E-state index in [1.54, 1.807) is 5.56 Å². The Morgan fingerprint density at radius 3 is 1.64 bits per heavy atom. The van der Waals surface area contributed by atoms with Gasteiger partial charge in [-0.15, -0.1) is 0 Å². The van der Waals surface area contributed by atoms with Crippen molar-refractivity contribution in [3.05, 3.63) is 71.8 Å². The molecule has 0 amide bonds. The Balaban J connectivity index is 1.75. The van der Waals surface area contributed by atoms with Crippen LogP contribution in [0, 0.1) is 0 Å². The fraction of sp³-hybridized carbons (Fsp3) is 0.556. The van der Waals surface area contributed by atoms with Crippen LogP contribution < -0.4 is 0 Å². The van der Waals surface area contributed by atoms with Crippen LogP contribution in [0.15, 0.2) is 60.7 Å². The summed E-state index contributed by atoms with van der Waals surface area (Å²) in [5.74, 6) is 0. The Morgan fingerprint density at radius 1 is 0.679 bits per heavy atom. The molecule has 2 saturated carbocycles. The van der Waals surface area contributed by atoms with E-state index in [-0.39, 0.29) is 7.92 Å². The van der Waals surface area contributed by atoms with Crippen LogP contribution in [0.3, 0.4) is 0 Å². The van der Waals surface area contributed by atoms with Gasteiger partial charge in [-0.05, 0) is 54.5 Å². The lowest BCUT2D eigenvalue weighted by atomic mass is 9.92. The minimum Gasteiger partial charge on any atom is -0.0894 e. The maximum atomic E-state index is 2.64. The van der Waals surface area contributed by atoms with Crippen LogP contribution in [0.1, 0.15) is 82.3 Å². The van der Waals surface area contributed by atoms with E-state index in [9.17, 15) is 0 Å². The van der Waals surface area contributed by atoms with Crippen molar-refractivity contribution >= 4 is 7.92 Å². The molecule has 2 aromatic carbocycles. The minimum atomic E-state index is -0.0424. The molecule has 2 fully saturated rings. The molecule has 2 aliphatic carbocycles. The zero-order valence-corrected chi connectivity index (χ0v) is 18.5. The SMILES string of the molecule is CC(Cc1ccccc1)(c1ccccc1)P(C1CCCCC1)C1CCCCC1. The predicted octanol–water partition coefficient (Wildman–Crippen LogP) is 8.29. The zero-order valence-electron chi connectivity index (χ0n) is 17.7. The van der Waals surface area contributed by atoms with Crippen LogP contribution in [0.5, 0.6) is 0 Å². The van der Waals surface area contributed by atoms with Gasteiger partial charge in [-0.2, -0.15) is 0 Å². The standard InChI is InChI=1S/C27H37P/c1-27(24-16-8-3-9-17-24,22-23-14-6-2-7-15-23)28(25-18-10-4-11-19-25)26-20-12-5-13-21-26/h2-3,6-9,14-17,25-26H,4-5,10-13,18-22H2,1H3. The second-order valence-electron chi connectivity index (χ2n) is 9.29. The molecule has 0 aromatic heterocycles. The van der Waals surface area contributed by atoms with E-state index in [4.69, 9.17) is 0 Å². The van der Waals surface area contributed by atoms with Gasteiger partial charge in [0.15, 0.2) is 0 Å². The average Bonchev–Trinajstić information content (AvgIpc) is 2.77. The first-order chi connectivity index (χ1) is 13.8. The molecule has 1 heteroatoms. The van der Waals surface area contributed by atoms with E-state index >= 15 is 0 Å². The summed E-state index contributed by atoms with van der Waals surface area (Å²) >= 11 is 0. The number of rotatable bonds is 6. The van der Waals surface area contributed by atoms with Gasteiger partial charge in [-0.1, -0.05) is 114 Å². The maximum absolute atomic E-state index is 2.64. The zero-order chi connectivity index (χ0) is 19.2. The summed E-state index contributed by atoms with van der Waals surface area (Å²) < 4.78 is 0. The summed E-state index contributed by atoms with van der Waals surface area (Å²) in [7, 11) is -0.0424. The quantitative estimate of drug-likeness (QED) is 0.434. The van der Waals surface area contributed by atoms with Gasteiger partial charge in [0.05, 0.1) is 0 Å². The summed E-state index contributed by atoms with van der Waals surface area (Å²) in [6.07, 6.45) is 15.9. The first-order valence-electron chi connectivity index (χ1n) is 11.7. The summed E-state index contributed by atoms with van der Waals surface area (Å²) in [5.41, 5.74) is 5.07. The molecule has 0 N–H and O–H groups in total. The van der Waals surface area contributed by atoms with Crippen LogP contribution in [0.4, 0.5) is 0 Å². The first kappa shape index (κ1) is 20.2. The van der Waals surface area contributed by atoms with Gasteiger partial charge in [0.2, 0.25) is 0 Å². The van der Waals surface area contributed by atoms with Crippen LogP contribution in [0.2, 0.25) is 0 Å². The van der Waals surface area contributed by atoms with Gasteiger partial charge in [0.1, 0.15) is 0 Å². The average molecular weight is 393 g/mol. The second kappa shape index (κ2) is 9.58. The van der Waals surface area contributed by atoms with Crippen molar-refractivity contribution in [2.45, 2.75) is 94.0 Å². The molecule has 4 rings (SSSR count). The smallest absolute Gasteiger partial charge is 0.0171 e. The second-order valence-corrected chi connectivity index (χ2v) is 12.6. The predicted molar refractivity (Wildman–Crippen MR) is 125 cm³/mol. The number of hydrogen-bond acceptors (Lipinski definition) is 0. The van der Waals surface area contributed by atoms with E-state index < -0.39 is 0 Å². The van der Waals surface area contributed by atoms with Gasteiger partial charge in [0.25, 0.3) is 0 Å². The molecule has 0 nitrogen and oxygen atoms in total. The molecule has 1 atom stereocenters. The summed E-state index contributed by atoms with van der Waals surface area (Å²) in [6, 6.07) is 22.9. The Kier molecular flexibility index (Phi) is 6.90. The molecule has 0 radical (unpaired) electrons. The minimum absolute atomic E-state index is 0.0424. The third-order valence-electron chi connectivity index (χ3n) is 7.29. The van der Waals surface area contributed by atoms with Crippen molar-refractivity contribution in [3.8, 4) is 0 Å². The summed E-state index contributed by atoms with van der Waals surface area (Å²) in [4.78, 5) is 0. The van der Waals surface area contributed by atoms with Crippen LogP contribution in [-0.4, -0.2) is 11.3 Å². The Morgan fingerprint density at radius 2 is 1.14 bits per heavy atom. The Labute approximate surface area is 173 Å². The molecular weight excluding hydrogens is 355 g/mol. The van der Waals surface area contributed by atoms with Crippen LogP contribution in [0.25, 0.3) is 0 Å². The molecule has 150 valence electrons. The largest absolute Gasteiger partial charge is 0.0894 e. The van der Waals surface area contributed by atoms with Crippen molar-refractivity contribution < 1.29 is 0 Å². The number of benzene rings is 2. The lowest BCUT2D eigenvalue weighted by Gasteiger charge is -2.49. The molecular formula is C27H37P. The van der Waals surface area contributed by atoms with Crippen molar-refractivity contribution in [1.82, 2.24) is 0 Å². The molecule has 0 spiro atoms. The molecule has 1 unspecified atom stereocenters. The van der Waals surface area contributed by atoms with E-state index in [1.807, 2.05) is 0 Å². The molecule has 2 aliphatic rings. The highest BCUT2D eigenvalue weighted by Gasteiger charge is 2.44. The first-order valence-corrected chi connectivity index (χ1v) is 13.1. The van der Waals surface area contributed by atoms with Crippen LogP contribution in [-0.2, 0) is 11.6 Å². The molecule has 0 saturated heterocycles. The van der Waals surface area contributed by atoms with Crippen molar-refractivity contribution in [2.75, 3.05) is 0 Å². The highest BCUT2D eigenvalue weighted by atomic mass is 31.1. The number of hydrogen-bond donors (Lipinski definition) is 0. The van der Waals surface area contributed by atoms with E-state index in [0.29, 0.717) is 5.16 Å². The fourth-order valence-corrected chi connectivity index (χ4v) is 10.8. The molecule has 28 heavy (non-hydrogen) atoms. The monoisotopic (exact) mass is 392 g/mol. The molecule has 0 heterocycles. The Bertz CT molecular complexity index is 680. The lowest BCUT2D eigenvalue weighted by Crippen LogP contribution is -2.34. The van der Waals surface area contributed by atoms with Gasteiger partial charge in [0, 0.05) is 5.16 Å². The summed E-state index contributed by atoms with van der Waals surface area (Å²) in [6.45, 7) is 2.64. The van der Waals surface area contributed by atoms with Gasteiger partial charge in [-0.25, -0.2) is 0 Å². The lowest BCUT2D eigenvalue weighted by molar-refractivity contribution is 0.470. The van der Waals surface area contributed by atoms with Crippen molar-refractivity contribution in [3.63, 3.8) is 0 Å². The van der Waals surface area contributed by atoms with E-state index in [2.05, 4.69) is 67.6 Å². The maximum Gasteiger partial charge on any atom is 0.0171 e. The highest BCUT2D eigenvalue weighted by molar-refractivity contribution is 7.60. The third kappa shape index (κ3) is 4.54. The molecule has 2 aromatic rings. The third-order valence-corrected chi connectivity index (χ3v) is 11.5. The fourth-order valence-electron chi connectivity index (χ4n) is 5.96. The molecule has 0 aliphatic heterocycles. The Hall–Kier alpha value is -1.13. The summed E-state index contributed by atoms with van der Waals surface area (Å²) in [5, 5.41) is 0.294. The van der Waals surface area contributed by atoms with Gasteiger partial charge >= 0.3 is 0 Å². The van der Waals surface area contributed by atoms with E-state index in [0.717, 1.165) is 11.3 Å². The van der Waals surface area contributed by atoms with Crippen molar-refractivity contribution in [1.29, 1.82) is 0 Å². The highest BCUT2D eigenvalue weighted by Crippen LogP contribution is 2.68. The van der Waals surface area contributed by atoms with Gasteiger partial charge in [-0.3, -0.25) is 0 Å². The van der Waals surface area contributed by atoms with Crippen LogP contribution >= 0.6 is 7.92 Å². The van der Waals surface area contributed by atoms with E-state index in [1.165, 1.54) is 76.2 Å². The van der Waals surface area contributed by atoms with Gasteiger partial charge < -0.3 is 0 Å². The normalized spacial score (nSPS) is 21.5. The van der Waals surface area contributed by atoms with Crippen molar-refractivity contribution in [2.24, 2.45) is 0 Å². The molecule has 0 bridgehead atoms. The topological polar surface area (TPSA) is 0 Å².